The van der Waals surface area contributed by atoms with Gasteiger partial charge in [-0.05, 0) is 71.1 Å². The van der Waals surface area contributed by atoms with E-state index in [0.717, 1.165) is 32.8 Å². The lowest BCUT2D eigenvalue weighted by molar-refractivity contribution is -0.148. The highest BCUT2D eigenvalue weighted by atomic mass is 19.1. The van der Waals surface area contributed by atoms with Crippen molar-refractivity contribution < 1.29 is 18.8 Å². The van der Waals surface area contributed by atoms with E-state index in [1.165, 1.54) is 23.1 Å². The lowest BCUT2D eigenvalue weighted by atomic mass is 9.96. The van der Waals surface area contributed by atoms with Gasteiger partial charge in [0, 0.05) is 30.6 Å². The van der Waals surface area contributed by atoms with E-state index in [2.05, 4.69) is 4.98 Å². The Kier molecular flexibility index (Phi) is 8.07. The minimum absolute atomic E-state index is 0.0452. The number of fused-ring (bicyclic) bond motifs is 2. The molecule has 0 radical (unpaired) electrons. The van der Waals surface area contributed by atoms with Crippen molar-refractivity contribution in [2.24, 2.45) is 5.73 Å². The lowest BCUT2D eigenvalue weighted by Crippen LogP contribution is -2.52. The number of nitrogens with zero attached hydrogens (tertiary/aromatic N) is 3. The van der Waals surface area contributed by atoms with E-state index in [-0.39, 0.29) is 31.3 Å². The molecule has 3 unspecified atom stereocenters. The normalized spacial score (nSPS) is 17.9. The number of amides is 3. The van der Waals surface area contributed by atoms with Crippen molar-refractivity contribution in [3.05, 3.63) is 126 Å². The first kappa shape index (κ1) is 29.0. The largest absolute Gasteiger partial charge is 0.368 e. The Hall–Kier alpha value is -5.11. The molecule has 1 aliphatic heterocycles. The standard InChI is InChI=1S/C36H33FN4O3/c1-23-16-18-40(32(35(38)43)22-26-9-4-8-25-7-2-3-13-30(25)26)36(44)34(28-10-5-12-29(37)21-28)41(23)33(42)20-24-14-15-31-27(19-24)11-6-17-39-31/h2-15,17,19,21,23,32,34H,16,18,20,22H2,1H3,(H2,38,43). The van der Waals surface area contributed by atoms with Gasteiger partial charge in [0.15, 0.2) is 0 Å². The molecule has 1 saturated heterocycles. The van der Waals surface area contributed by atoms with Crippen LogP contribution >= 0.6 is 0 Å². The number of aromatic nitrogens is 1. The van der Waals surface area contributed by atoms with Gasteiger partial charge in [0.05, 0.1) is 11.9 Å². The van der Waals surface area contributed by atoms with E-state index >= 15 is 0 Å². The van der Waals surface area contributed by atoms with Crippen LogP contribution in [0.1, 0.15) is 36.1 Å². The number of hydrogen-bond donors (Lipinski definition) is 1. The van der Waals surface area contributed by atoms with Crippen molar-refractivity contribution >= 4 is 39.4 Å². The van der Waals surface area contributed by atoms with Gasteiger partial charge in [-0.3, -0.25) is 19.4 Å². The molecule has 0 spiro atoms. The van der Waals surface area contributed by atoms with Gasteiger partial charge in [-0.1, -0.05) is 66.7 Å². The van der Waals surface area contributed by atoms with Crippen LogP contribution in [0.2, 0.25) is 0 Å². The number of carbonyl (C=O) groups excluding carboxylic acids is 3. The zero-order chi connectivity index (χ0) is 30.8. The highest BCUT2D eigenvalue weighted by Crippen LogP contribution is 2.33. The van der Waals surface area contributed by atoms with E-state index in [1.807, 2.05) is 79.7 Å². The first-order chi connectivity index (χ1) is 21.3. The van der Waals surface area contributed by atoms with Crippen LogP contribution in [0.15, 0.2) is 103 Å². The van der Waals surface area contributed by atoms with E-state index in [4.69, 9.17) is 5.73 Å². The molecule has 4 aromatic carbocycles. The van der Waals surface area contributed by atoms with Crippen molar-refractivity contribution in [3.63, 3.8) is 0 Å². The third-order valence-electron chi connectivity index (χ3n) is 8.53. The molecule has 2 heterocycles. The smallest absolute Gasteiger partial charge is 0.250 e. The molecule has 3 amide bonds. The second kappa shape index (κ2) is 12.2. The summed E-state index contributed by atoms with van der Waals surface area (Å²) in [6.07, 6.45) is 2.40. The van der Waals surface area contributed by atoms with Crippen molar-refractivity contribution in [1.82, 2.24) is 14.8 Å². The molecule has 1 aliphatic rings. The third kappa shape index (κ3) is 5.75. The molecule has 0 saturated carbocycles. The van der Waals surface area contributed by atoms with Crippen molar-refractivity contribution in [3.8, 4) is 0 Å². The van der Waals surface area contributed by atoms with Crippen LogP contribution in [0.5, 0.6) is 0 Å². The van der Waals surface area contributed by atoms with Crippen molar-refractivity contribution in [1.29, 1.82) is 0 Å². The monoisotopic (exact) mass is 588 g/mol. The van der Waals surface area contributed by atoms with Gasteiger partial charge in [-0.25, -0.2) is 4.39 Å². The highest BCUT2D eigenvalue weighted by molar-refractivity contribution is 5.94. The average molecular weight is 589 g/mol. The maximum Gasteiger partial charge on any atom is 0.250 e. The van der Waals surface area contributed by atoms with Crippen molar-refractivity contribution in [2.45, 2.75) is 44.3 Å². The number of benzene rings is 4. The number of pyridine rings is 1. The number of rotatable bonds is 7. The second-order valence-corrected chi connectivity index (χ2v) is 11.4. The molecule has 1 fully saturated rings. The average Bonchev–Trinajstić information content (AvgIpc) is 3.15. The molecule has 7 nitrogen and oxygen atoms in total. The van der Waals surface area contributed by atoms with Gasteiger partial charge in [-0.15, -0.1) is 0 Å². The molecule has 2 N–H and O–H groups in total. The van der Waals surface area contributed by atoms with Crippen LogP contribution in [-0.2, 0) is 27.2 Å². The number of halogens is 1. The van der Waals surface area contributed by atoms with Gasteiger partial charge in [0.2, 0.25) is 11.8 Å². The zero-order valence-electron chi connectivity index (χ0n) is 24.4. The van der Waals surface area contributed by atoms with Crippen molar-refractivity contribution in [2.75, 3.05) is 6.54 Å². The minimum atomic E-state index is -1.13. The van der Waals surface area contributed by atoms with E-state index in [0.29, 0.717) is 12.0 Å². The maximum atomic E-state index is 14.6. The fraction of sp³-hybridized carbons (Fsp3) is 0.222. The molecule has 0 aliphatic carbocycles. The summed E-state index contributed by atoms with van der Waals surface area (Å²) in [4.78, 5) is 49.0. The topological polar surface area (TPSA) is 96.6 Å². The Bertz CT molecular complexity index is 1870. The zero-order valence-corrected chi connectivity index (χ0v) is 24.4. The number of primary amides is 1. The fourth-order valence-corrected chi connectivity index (χ4v) is 6.33. The Morgan fingerprint density at radius 3 is 2.55 bits per heavy atom. The predicted octanol–water partition coefficient (Wildman–Crippen LogP) is 5.36. The number of carbonyl (C=O) groups is 3. The summed E-state index contributed by atoms with van der Waals surface area (Å²) in [5.41, 5.74) is 8.81. The van der Waals surface area contributed by atoms with Crippen LogP contribution < -0.4 is 5.73 Å². The third-order valence-corrected chi connectivity index (χ3v) is 8.53. The van der Waals surface area contributed by atoms with E-state index < -0.39 is 29.7 Å². The quantitative estimate of drug-likeness (QED) is 0.277. The summed E-state index contributed by atoms with van der Waals surface area (Å²) in [6, 6.07) is 26.4. The molecular formula is C36H33FN4O3. The number of hydrogen-bond acceptors (Lipinski definition) is 4. The fourth-order valence-electron chi connectivity index (χ4n) is 6.33. The summed E-state index contributed by atoms with van der Waals surface area (Å²) >= 11 is 0. The Labute approximate surface area is 255 Å². The molecule has 44 heavy (non-hydrogen) atoms. The molecule has 6 rings (SSSR count). The SMILES string of the molecule is CC1CCN(C(Cc2cccc3ccccc23)C(N)=O)C(=O)C(c2cccc(F)c2)N1C(=O)Cc1ccc2ncccc2c1. The molecular weight excluding hydrogens is 555 g/mol. The highest BCUT2D eigenvalue weighted by Gasteiger charge is 2.43. The first-order valence-corrected chi connectivity index (χ1v) is 14.8. The molecule has 8 heteroatoms. The van der Waals surface area contributed by atoms with E-state index in [9.17, 15) is 18.8 Å². The summed E-state index contributed by atoms with van der Waals surface area (Å²) in [5.74, 6) is -1.88. The molecule has 3 atom stereocenters. The summed E-state index contributed by atoms with van der Waals surface area (Å²) < 4.78 is 14.6. The maximum absolute atomic E-state index is 14.6. The molecule has 222 valence electrons. The molecule has 5 aromatic rings. The van der Waals surface area contributed by atoms with Gasteiger partial charge in [0.1, 0.15) is 17.9 Å². The summed E-state index contributed by atoms with van der Waals surface area (Å²) in [6.45, 7) is 2.10. The van der Waals surface area contributed by atoms with Gasteiger partial charge in [-0.2, -0.15) is 0 Å². The minimum Gasteiger partial charge on any atom is -0.368 e. The second-order valence-electron chi connectivity index (χ2n) is 11.4. The van der Waals surface area contributed by atoms with Crippen LogP contribution in [0.3, 0.4) is 0 Å². The predicted molar refractivity (Wildman–Crippen MR) is 168 cm³/mol. The van der Waals surface area contributed by atoms with Crippen LogP contribution in [0.25, 0.3) is 21.7 Å². The van der Waals surface area contributed by atoms with E-state index in [1.54, 1.807) is 17.2 Å². The summed E-state index contributed by atoms with van der Waals surface area (Å²) in [5, 5.41) is 2.90. The van der Waals surface area contributed by atoms with Gasteiger partial charge < -0.3 is 15.5 Å². The first-order valence-electron chi connectivity index (χ1n) is 14.8. The Morgan fingerprint density at radius 2 is 1.73 bits per heavy atom. The van der Waals surface area contributed by atoms with Gasteiger partial charge in [0.25, 0.3) is 5.91 Å². The molecule has 0 bridgehead atoms. The Morgan fingerprint density at radius 1 is 0.955 bits per heavy atom. The van der Waals surface area contributed by atoms with Crippen LogP contribution in [-0.4, -0.2) is 51.1 Å². The lowest BCUT2D eigenvalue weighted by Gasteiger charge is -2.36. The number of nitrogens with two attached hydrogens (primary N) is 1. The summed E-state index contributed by atoms with van der Waals surface area (Å²) in [7, 11) is 0. The van der Waals surface area contributed by atoms with Crippen LogP contribution in [0.4, 0.5) is 4.39 Å². The Balaban J connectivity index is 1.37. The van der Waals surface area contributed by atoms with Crippen LogP contribution in [0, 0.1) is 5.82 Å². The van der Waals surface area contributed by atoms with Gasteiger partial charge >= 0.3 is 0 Å². The molecule has 1 aromatic heterocycles.